The van der Waals surface area contributed by atoms with Gasteiger partial charge in [0, 0.05) is 53.6 Å². The SMILES string of the molecule is CC(C)n1nc(-c2cnc(C(F)(F)F)nc2)cc1C1[C@H]2CC(N3CCC4(C3)CS(=O)(=O)C4)C[C@@H]12. The molecule has 0 radical (unpaired) electrons. The molecule has 1 spiro atoms. The first kappa shape index (κ1) is 22.5. The molecule has 7 nitrogen and oxygen atoms in total. The maximum absolute atomic E-state index is 12.8. The summed E-state index contributed by atoms with van der Waals surface area (Å²) in [6.07, 6.45) is 1.03. The summed E-state index contributed by atoms with van der Waals surface area (Å²) in [6.45, 7) is 6.01. The van der Waals surface area contributed by atoms with Gasteiger partial charge >= 0.3 is 6.18 Å². The summed E-state index contributed by atoms with van der Waals surface area (Å²) in [4.78, 5) is 9.49. The molecule has 0 bridgehead atoms. The summed E-state index contributed by atoms with van der Waals surface area (Å²) in [6, 6.07) is 2.65. The highest BCUT2D eigenvalue weighted by Gasteiger charge is 2.60. The van der Waals surface area contributed by atoms with Crippen LogP contribution >= 0.6 is 0 Å². The van der Waals surface area contributed by atoms with Gasteiger partial charge in [-0.15, -0.1) is 0 Å². The van der Waals surface area contributed by atoms with Crippen molar-refractivity contribution in [3.8, 4) is 11.3 Å². The Morgan fingerprint density at radius 3 is 2.32 bits per heavy atom. The van der Waals surface area contributed by atoms with E-state index >= 15 is 0 Å². The Hall–Kier alpha value is -2.01. The predicted molar refractivity (Wildman–Crippen MR) is 119 cm³/mol. The van der Waals surface area contributed by atoms with Crippen LogP contribution in [-0.4, -0.2) is 63.7 Å². The summed E-state index contributed by atoms with van der Waals surface area (Å²) in [5.74, 6) is 1.13. The molecular formula is C23H28F3N5O2S. The molecule has 34 heavy (non-hydrogen) atoms. The first-order valence-electron chi connectivity index (χ1n) is 11.9. The lowest BCUT2D eigenvalue weighted by Crippen LogP contribution is -2.50. The molecule has 11 heteroatoms. The van der Waals surface area contributed by atoms with Gasteiger partial charge in [0.25, 0.3) is 0 Å². The van der Waals surface area contributed by atoms with Gasteiger partial charge in [-0.05, 0) is 57.6 Å². The van der Waals surface area contributed by atoms with Gasteiger partial charge in [-0.2, -0.15) is 18.3 Å². The van der Waals surface area contributed by atoms with Crippen molar-refractivity contribution in [2.45, 2.75) is 57.3 Å². The van der Waals surface area contributed by atoms with Crippen molar-refractivity contribution in [3.63, 3.8) is 0 Å². The van der Waals surface area contributed by atoms with Crippen molar-refractivity contribution in [1.29, 1.82) is 0 Å². The molecule has 2 unspecified atom stereocenters. The topological polar surface area (TPSA) is 81.0 Å². The smallest absolute Gasteiger partial charge is 0.300 e. The van der Waals surface area contributed by atoms with Crippen molar-refractivity contribution in [3.05, 3.63) is 30.0 Å². The summed E-state index contributed by atoms with van der Waals surface area (Å²) < 4.78 is 63.8. The summed E-state index contributed by atoms with van der Waals surface area (Å²) in [7, 11) is -2.81. The minimum absolute atomic E-state index is 0.0000860. The Morgan fingerprint density at radius 2 is 1.76 bits per heavy atom. The zero-order valence-corrected chi connectivity index (χ0v) is 20.0. The maximum atomic E-state index is 12.8. The number of rotatable bonds is 4. The quantitative estimate of drug-likeness (QED) is 0.645. The van der Waals surface area contributed by atoms with Crippen LogP contribution in [0.5, 0.6) is 0 Å². The van der Waals surface area contributed by atoms with Gasteiger partial charge in [-0.25, -0.2) is 18.4 Å². The van der Waals surface area contributed by atoms with Gasteiger partial charge in [0.1, 0.15) is 0 Å². The highest BCUT2D eigenvalue weighted by atomic mass is 32.2. The molecule has 2 saturated carbocycles. The molecule has 2 saturated heterocycles. The number of likely N-dealkylation sites (tertiary alicyclic amines) is 1. The Morgan fingerprint density at radius 1 is 1.12 bits per heavy atom. The zero-order chi connectivity index (χ0) is 24.0. The number of halogens is 3. The highest BCUT2D eigenvalue weighted by Crippen LogP contribution is 2.64. The van der Waals surface area contributed by atoms with Crippen molar-refractivity contribution in [2.24, 2.45) is 17.3 Å². The number of hydrogen-bond acceptors (Lipinski definition) is 6. The zero-order valence-electron chi connectivity index (χ0n) is 19.2. The van der Waals surface area contributed by atoms with E-state index in [4.69, 9.17) is 5.10 Å². The highest BCUT2D eigenvalue weighted by molar-refractivity contribution is 7.92. The number of sulfone groups is 1. The van der Waals surface area contributed by atoms with Gasteiger partial charge in [0.15, 0.2) is 9.84 Å². The van der Waals surface area contributed by atoms with Crippen LogP contribution in [0.4, 0.5) is 13.2 Å². The molecule has 2 aliphatic carbocycles. The Balaban J connectivity index is 1.15. The number of hydrogen-bond donors (Lipinski definition) is 0. The lowest BCUT2D eigenvalue weighted by Gasteiger charge is -2.38. The third-order valence-electron chi connectivity index (χ3n) is 8.25. The number of fused-ring (bicyclic) bond motifs is 1. The van der Waals surface area contributed by atoms with Gasteiger partial charge in [-0.3, -0.25) is 9.58 Å². The third-order valence-corrected chi connectivity index (χ3v) is 10.4. The minimum atomic E-state index is -4.56. The molecule has 184 valence electrons. The van der Waals surface area contributed by atoms with E-state index in [0.29, 0.717) is 46.6 Å². The minimum Gasteiger partial charge on any atom is -0.300 e. The molecule has 0 amide bonds. The second kappa shape index (κ2) is 7.25. The number of nitrogens with zero attached hydrogens (tertiary/aromatic N) is 5. The number of alkyl halides is 3. The van der Waals surface area contributed by atoms with E-state index in [9.17, 15) is 21.6 Å². The van der Waals surface area contributed by atoms with Gasteiger partial charge in [0.2, 0.25) is 5.82 Å². The monoisotopic (exact) mass is 495 g/mol. The first-order valence-corrected chi connectivity index (χ1v) is 13.7. The van der Waals surface area contributed by atoms with Crippen LogP contribution < -0.4 is 0 Å². The van der Waals surface area contributed by atoms with E-state index < -0.39 is 21.8 Å². The molecule has 0 N–H and O–H groups in total. The maximum Gasteiger partial charge on any atom is 0.451 e. The molecule has 4 aliphatic rings. The summed E-state index contributed by atoms with van der Waals surface area (Å²) >= 11 is 0. The van der Waals surface area contributed by atoms with Crippen LogP contribution in [0.2, 0.25) is 0 Å². The van der Waals surface area contributed by atoms with Crippen LogP contribution in [-0.2, 0) is 16.0 Å². The third kappa shape index (κ3) is 3.66. The normalized spacial score (nSPS) is 31.7. The summed E-state index contributed by atoms with van der Waals surface area (Å²) in [5.41, 5.74) is 2.23. The predicted octanol–water partition coefficient (Wildman–Crippen LogP) is 3.55. The van der Waals surface area contributed by atoms with E-state index in [1.54, 1.807) is 0 Å². The average molecular weight is 496 g/mol. The van der Waals surface area contributed by atoms with E-state index in [1.165, 1.54) is 12.4 Å². The average Bonchev–Trinajstić information content (AvgIpc) is 3.18. The lowest BCUT2D eigenvalue weighted by atomic mass is 9.91. The molecule has 2 aromatic heterocycles. The van der Waals surface area contributed by atoms with Crippen LogP contribution in [0.25, 0.3) is 11.3 Å². The van der Waals surface area contributed by atoms with Gasteiger partial charge in [0.05, 0.1) is 17.2 Å². The molecule has 6 rings (SSSR count). The standard InChI is InChI=1S/C23H28F3N5O2S/c1-13(2)31-19(7-18(29-31)14-8-27-21(28-9-14)23(24,25)26)20-16-5-15(6-17(16)20)30-4-3-22(10-30)11-34(32,33)12-22/h7-9,13,15-17,20H,3-6,10-12H2,1-2H3/t15?,16-,17+,20?. The van der Waals surface area contributed by atoms with E-state index in [2.05, 4.69) is 28.7 Å². The van der Waals surface area contributed by atoms with Crippen LogP contribution in [0.3, 0.4) is 0 Å². The fourth-order valence-electron chi connectivity index (χ4n) is 6.78. The molecular weight excluding hydrogens is 467 g/mol. The lowest BCUT2D eigenvalue weighted by molar-refractivity contribution is -0.144. The van der Waals surface area contributed by atoms with Crippen molar-refractivity contribution >= 4 is 9.84 Å². The van der Waals surface area contributed by atoms with Crippen LogP contribution in [0.1, 0.15) is 56.6 Å². The molecule has 0 aromatic carbocycles. The van der Waals surface area contributed by atoms with Crippen molar-refractivity contribution in [2.75, 3.05) is 24.6 Å². The first-order chi connectivity index (χ1) is 15.9. The Kier molecular flexibility index (Phi) is 4.79. The Bertz CT molecular complexity index is 1200. The van der Waals surface area contributed by atoms with Crippen molar-refractivity contribution in [1.82, 2.24) is 24.6 Å². The second-order valence-electron chi connectivity index (χ2n) is 11.0. The van der Waals surface area contributed by atoms with Crippen molar-refractivity contribution < 1.29 is 21.6 Å². The Labute approximate surface area is 196 Å². The molecule has 4 heterocycles. The largest absolute Gasteiger partial charge is 0.451 e. The molecule has 2 aromatic rings. The molecule has 4 atom stereocenters. The van der Waals surface area contributed by atoms with Gasteiger partial charge in [-0.1, -0.05) is 0 Å². The van der Waals surface area contributed by atoms with E-state index in [0.717, 1.165) is 38.0 Å². The summed E-state index contributed by atoms with van der Waals surface area (Å²) in [5, 5.41) is 4.70. The van der Waals surface area contributed by atoms with Gasteiger partial charge < -0.3 is 0 Å². The second-order valence-corrected chi connectivity index (χ2v) is 13.1. The van der Waals surface area contributed by atoms with Crippen LogP contribution in [0, 0.1) is 17.3 Å². The fourth-order valence-corrected chi connectivity index (χ4v) is 9.03. The molecule has 2 aliphatic heterocycles. The fraction of sp³-hybridized carbons (Fsp3) is 0.696. The van der Waals surface area contributed by atoms with E-state index in [-0.39, 0.29) is 11.5 Å². The van der Waals surface area contributed by atoms with Crippen LogP contribution in [0.15, 0.2) is 18.5 Å². The number of aromatic nitrogens is 4. The van der Waals surface area contributed by atoms with E-state index in [1.807, 2.05) is 10.7 Å². The molecule has 4 fully saturated rings.